The molecule has 0 aliphatic heterocycles. The zero-order chi connectivity index (χ0) is 29.6. The number of primary amides is 1. The highest BCUT2D eigenvalue weighted by Gasteiger charge is 2.39. The lowest BCUT2D eigenvalue weighted by molar-refractivity contribution is 0.0984. The third kappa shape index (κ3) is 7.86. The van der Waals surface area contributed by atoms with Gasteiger partial charge < -0.3 is 29.9 Å². The van der Waals surface area contributed by atoms with Crippen molar-refractivity contribution >= 4 is 36.8 Å². The largest absolute Gasteiger partial charge is 0.397 e. The number of fused-ring (bicyclic) bond motifs is 1. The first-order valence-corrected chi connectivity index (χ1v) is 17.0. The van der Waals surface area contributed by atoms with Gasteiger partial charge in [-0.2, -0.15) is 0 Å². The Morgan fingerprint density at radius 2 is 1.85 bits per heavy atom. The molecule has 4 aromatic rings. The van der Waals surface area contributed by atoms with Crippen LogP contribution in [0, 0.1) is 0 Å². The highest BCUT2D eigenvalue weighted by molar-refractivity contribution is 6.74. The van der Waals surface area contributed by atoms with Crippen LogP contribution in [0.25, 0.3) is 10.9 Å². The Labute approximate surface area is 243 Å². The predicted molar refractivity (Wildman–Crippen MR) is 166 cm³/mol. The maximum absolute atomic E-state index is 12.5. The van der Waals surface area contributed by atoms with Crippen molar-refractivity contribution < 1.29 is 14.0 Å². The van der Waals surface area contributed by atoms with Gasteiger partial charge in [-0.1, -0.05) is 57.2 Å². The first-order chi connectivity index (χ1) is 19.4. The Balaban J connectivity index is 1.39. The first-order valence-electron chi connectivity index (χ1n) is 14.1. The van der Waals surface area contributed by atoms with E-state index in [9.17, 15) is 9.59 Å². The smallest absolute Gasteiger partial charge is 0.319 e. The quantitative estimate of drug-likeness (QED) is 0.172. The molecule has 4 rings (SSSR count). The molecule has 0 fully saturated rings. The highest BCUT2D eigenvalue weighted by Crippen LogP contribution is 2.39. The van der Waals surface area contributed by atoms with Gasteiger partial charge in [-0.3, -0.25) is 4.79 Å². The fourth-order valence-corrected chi connectivity index (χ4v) is 5.71. The van der Waals surface area contributed by atoms with Crippen LogP contribution in [0.2, 0.25) is 18.1 Å². The topological polar surface area (TPSA) is 116 Å². The molecule has 1 atom stereocenters. The van der Waals surface area contributed by atoms with Crippen molar-refractivity contribution in [2.24, 2.45) is 5.73 Å². The number of hydrogen-bond donors (Lipinski definition) is 3. The Morgan fingerprint density at radius 1 is 1.10 bits per heavy atom. The Bertz CT molecular complexity index is 1470. The van der Waals surface area contributed by atoms with Crippen molar-refractivity contribution in [3.63, 3.8) is 0 Å². The summed E-state index contributed by atoms with van der Waals surface area (Å²) < 4.78 is 10.8. The maximum Gasteiger partial charge on any atom is 0.319 e. The van der Waals surface area contributed by atoms with Crippen molar-refractivity contribution in [3.8, 4) is 0 Å². The minimum atomic E-state index is -2.10. The molecule has 0 saturated heterocycles. The molecule has 0 aliphatic carbocycles. The van der Waals surface area contributed by atoms with E-state index in [2.05, 4.69) is 78.4 Å². The van der Waals surface area contributed by atoms with Crippen LogP contribution in [0.3, 0.4) is 0 Å². The van der Waals surface area contributed by atoms with E-state index in [1.54, 1.807) is 12.5 Å². The van der Waals surface area contributed by atoms with E-state index >= 15 is 0 Å². The van der Waals surface area contributed by atoms with Crippen LogP contribution in [-0.2, 0) is 17.4 Å². The molecule has 218 valence electrons. The van der Waals surface area contributed by atoms with E-state index in [4.69, 9.17) is 10.2 Å². The Hall–Kier alpha value is -3.89. The summed E-state index contributed by atoms with van der Waals surface area (Å²) in [4.78, 5) is 28.3. The molecule has 41 heavy (non-hydrogen) atoms. The van der Waals surface area contributed by atoms with Gasteiger partial charge in [0.25, 0.3) is 5.91 Å². The summed E-state index contributed by atoms with van der Waals surface area (Å²) in [6.07, 6.45) is 7.47. The van der Waals surface area contributed by atoms with E-state index in [1.165, 1.54) is 5.56 Å². The van der Waals surface area contributed by atoms with Gasteiger partial charge in [0.1, 0.15) is 11.9 Å². The number of carbonyl (C=O) groups excluding carboxylic acids is 2. The molecule has 0 bridgehead atoms. The number of urea groups is 1. The molecule has 4 N–H and O–H groups in total. The minimum Gasteiger partial charge on any atom is -0.397 e. The average Bonchev–Trinajstić information content (AvgIpc) is 3.56. The molecular formula is C31H42N6O3Si. The number of anilines is 1. The number of carbonyl (C=O) groups is 2. The summed E-state index contributed by atoms with van der Waals surface area (Å²) in [6.45, 7) is 12.4. The third-order valence-corrected chi connectivity index (χ3v) is 12.3. The van der Waals surface area contributed by atoms with Crippen molar-refractivity contribution in [1.29, 1.82) is 0 Å². The van der Waals surface area contributed by atoms with Gasteiger partial charge in [0.05, 0.1) is 11.8 Å². The second-order valence-electron chi connectivity index (χ2n) is 11.9. The van der Waals surface area contributed by atoms with Crippen LogP contribution in [0.15, 0.2) is 73.3 Å². The predicted octanol–water partition coefficient (Wildman–Crippen LogP) is 6.30. The minimum absolute atomic E-state index is 0.0339. The number of aryl methyl sites for hydroxylation is 1. The second-order valence-corrected chi connectivity index (χ2v) is 16.7. The molecule has 10 heteroatoms. The molecule has 0 unspecified atom stereocenters. The number of hydrogen-bond acceptors (Lipinski definition) is 4. The number of nitrogens with two attached hydrogens (primary N) is 1. The number of nitrogens with one attached hydrogen (secondary N) is 2. The van der Waals surface area contributed by atoms with Gasteiger partial charge in [-0.25, -0.2) is 9.78 Å². The molecule has 2 aromatic carbocycles. The summed E-state index contributed by atoms with van der Waals surface area (Å²) in [5.74, 6) is -0.553. The van der Waals surface area contributed by atoms with Crippen molar-refractivity contribution in [1.82, 2.24) is 19.4 Å². The number of amides is 3. The van der Waals surface area contributed by atoms with Gasteiger partial charge in [-0.15, -0.1) is 0 Å². The van der Waals surface area contributed by atoms with Crippen LogP contribution < -0.4 is 16.4 Å². The average molecular weight is 575 g/mol. The van der Waals surface area contributed by atoms with E-state index in [1.807, 2.05) is 41.0 Å². The van der Waals surface area contributed by atoms with Gasteiger partial charge >= 0.3 is 6.03 Å². The summed E-state index contributed by atoms with van der Waals surface area (Å²) >= 11 is 0. The molecule has 2 aromatic heterocycles. The van der Waals surface area contributed by atoms with Gasteiger partial charge in [0.2, 0.25) is 0 Å². The maximum atomic E-state index is 12.5. The number of rotatable bonds is 12. The molecule has 0 spiro atoms. The normalized spacial score (nSPS) is 12.8. The van der Waals surface area contributed by atoms with Gasteiger partial charge in [0, 0.05) is 31.2 Å². The Kier molecular flexibility index (Phi) is 9.34. The van der Waals surface area contributed by atoms with Crippen LogP contribution in [0.1, 0.15) is 55.9 Å². The lowest BCUT2D eigenvalue weighted by Gasteiger charge is -2.39. The number of benzene rings is 2. The monoisotopic (exact) mass is 574 g/mol. The van der Waals surface area contributed by atoms with Crippen LogP contribution >= 0.6 is 0 Å². The standard InChI is InChI=1S/C31H42N6O3Si/c1-31(2,3)41(4,5)40-28(37-21-26(29(32)38)34-22-37)12-9-18-36-19-16-24-13-14-25(20-27(24)36)35-30(39)33-17-15-23-10-7-6-8-11-23/h6-8,10-11,13-14,16,19-22,28H,9,12,15,17-18H2,1-5H3,(H2,32,38)(H2,33,35,39)/t28-/m1/s1. The van der Waals surface area contributed by atoms with E-state index in [0.717, 1.165) is 42.4 Å². The molecule has 9 nitrogen and oxygen atoms in total. The van der Waals surface area contributed by atoms with Crippen LogP contribution in [0.4, 0.5) is 10.5 Å². The van der Waals surface area contributed by atoms with Crippen LogP contribution in [-0.4, -0.2) is 40.9 Å². The lowest BCUT2D eigenvalue weighted by Crippen LogP contribution is -2.42. The molecule has 0 saturated carbocycles. The van der Waals surface area contributed by atoms with Gasteiger partial charge in [-0.05, 0) is 66.5 Å². The first kappa shape index (κ1) is 30.1. The van der Waals surface area contributed by atoms with Crippen molar-refractivity contribution in [2.45, 2.75) is 70.9 Å². The summed E-state index contributed by atoms with van der Waals surface area (Å²) in [7, 11) is -2.10. The van der Waals surface area contributed by atoms with E-state index < -0.39 is 14.2 Å². The number of nitrogens with zero attached hydrogens (tertiary/aromatic N) is 3. The molecular weight excluding hydrogens is 532 g/mol. The molecule has 0 radical (unpaired) electrons. The number of aromatic nitrogens is 3. The molecule has 0 aliphatic rings. The summed E-state index contributed by atoms with van der Waals surface area (Å²) in [5, 5.41) is 7.03. The lowest BCUT2D eigenvalue weighted by atomic mass is 10.1. The van der Waals surface area contributed by atoms with Gasteiger partial charge in [0.15, 0.2) is 8.32 Å². The van der Waals surface area contributed by atoms with E-state index in [-0.39, 0.29) is 23.0 Å². The fraction of sp³-hybridized carbons (Fsp3) is 0.387. The summed E-state index contributed by atoms with van der Waals surface area (Å²) in [6, 6.07) is 17.9. The fourth-order valence-electron chi connectivity index (χ4n) is 4.44. The number of imidazole rings is 1. The van der Waals surface area contributed by atoms with E-state index in [0.29, 0.717) is 6.54 Å². The zero-order valence-corrected chi connectivity index (χ0v) is 25.7. The third-order valence-electron chi connectivity index (χ3n) is 7.85. The highest BCUT2D eigenvalue weighted by atomic mass is 28.4. The van der Waals surface area contributed by atoms with Crippen molar-refractivity contribution in [2.75, 3.05) is 11.9 Å². The molecule has 3 amide bonds. The SMILES string of the molecule is CC(C)(C)[Si](C)(C)O[C@H](CCCn1ccc2ccc(NC(=O)NCCc3ccccc3)cc21)n1cnc(C(N)=O)c1. The zero-order valence-electron chi connectivity index (χ0n) is 24.7. The molecule has 2 heterocycles. The second kappa shape index (κ2) is 12.7. The van der Waals surface area contributed by atoms with Crippen LogP contribution in [0.5, 0.6) is 0 Å². The van der Waals surface area contributed by atoms with Crippen molar-refractivity contribution in [3.05, 3.63) is 84.6 Å². The summed E-state index contributed by atoms with van der Waals surface area (Å²) in [5.41, 5.74) is 8.66. The Morgan fingerprint density at radius 3 is 2.54 bits per heavy atom.